The van der Waals surface area contributed by atoms with Crippen LogP contribution < -0.4 is 16.0 Å². The highest BCUT2D eigenvalue weighted by Gasteiger charge is 2.38. The lowest BCUT2D eigenvalue weighted by atomic mass is 9.98. The van der Waals surface area contributed by atoms with Crippen LogP contribution in [-0.4, -0.2) is 102 Å². The van der Waals surface area contributed by atoms with Crippen LogP contribution in [0.5, 0.6) is 0 Å². The van der Waals surface area contributed by atoms with Crippen molar-refractivity contribution in [1.82, 2.24) is 24.9 Å². The molecule has 2 aromatic rings. The lowest BCUT2D eigenvalue weighted by Gasteiger charge is -2.41. The summed E-state index contributed by atoms with van der Waals surface area (Å²) < 4.78 is 41.9. The summed E-state index contributed by atoms with van der Waals surface area (Å²) in [5.41, 5.74) is 0.948. The van der Waals surface area contributed by atoms with Gasteiger partial charge in [0.1, 0.15) is 6.04 Å². The van der Waals surface area contributed by atoms with E-state index in [0.717, 1.165) is 43.2 Å². The molecule has 1 aromatic carbocycles. The molecular weight excluding hydrogens is 655 g/mol. The number of amides is 5. The van der Waals surface area contributed by atoms with Crippen LogP contribution >= 0.6 is 22.9 Å². The Morgan fingerprint density at radius 3 is 2.32 bits per heavy atom. The third kappa shape index (κ3) is 7.44. The number of alkyl halides is 3. The monoisotopic (exact) mass is 695 g/mol. The number of nitrogens with zero attached hydrogens (tertiary/aromatic N) is 4. The van der Waals surface area contributed by atoms with Crippen LogP contribution in [0.25, 0.3) is 0 Å². The van der Waals surface area contributed by atoms with E-state index in [2.05, 4.69) is 20.9 Å². The van der Waals surface area contributed by atoms with Gasteiger partial charge < -0.3 is 35.6 Å². The minimum atomic E-state index is -4.67. The first-order chi connectivity index (χ1) is 22.5. The molecule has 0 unspecified atom stereocenters. The summed E-state index contributed by atoms with van der Waals surface area (Å²) in [4.78, 5) is 48.0. The number of hydrogen-bond donors (Lipinski definition) is 3. The van der Waals surface area contributed by atoms with Gasteiger partial charge in [-0.1, -0.05) is 11.6 Å². The van der Waals surface area contributed by atoms with Gasteiger partial charge in [-0.05, 0) is 74.7 Å². The zero-order valence-corrected chi connectivity index (χ0v) is 27.9. The van der Waals surface area contributed by atoms with Crippen molar-refractivity contribution < 1.29 is 27.6 Å². The van der Waals surface area contributed by atoms with Crippen LogP contribution in [0.2, 0.25) is 5.02 Å². The zero-order valence-electron chi connectivity index (χ0n) is 26.4. The maximum absolute atomic E-state index is 14.0. The molecule has 3 saturated heterocycles. The standard InChI is InChI=1S/C32H41ClF3N7O3S/c1-37-28-24(32(34,35)36)14-20(15-25(28)33)16-26(29(44)41-10-4-22(5-11-41)40-8-2-3-9-40)38-30(45)42-12-6-23(7-13-42)43-17-21-18-47-19-27(21)39-31(43)46/h14-15,18-19,22-23,26,37H,2-13,16-17H2,1H3,(H,38,45)(H,39,46)/t26-/m1/s1. The summed E-state index contributed by atoms with van der Waals surface area (Å²) >= 11 is 7.81. The van der Waals surface area contributed by atoms with Gasteiger partial charge in [0.15, 0.2) is 0 Å². The third-order valence-electron chi connectivity index (χ3n) is 9.95. The minimum Gasteiger partial charge on any atom is -0.386 e. The summed E-state index contributed by atoms with van der Waals surface area (Å²) in [7, 11) is 1.37. The summed E-state index contributed by atoms with van der Waals surface area (Å²) in [6.07, 6.45) is 0.323. The second kappa shape index (κ2) is 14.1. The Kier molecular flexibility index (Phi) is 10.1. The number of nitrogens with one attached hydrogen (secondary N) is 3. The molecule has 10 nitrogen and oxygen atoms in total. The molecule has 3 fully saturated rings. The van der Waals surface area contributed by atoms with Gasteiger partial charge in [0.2, 0.25) is 5.91 Å². The number of thiophene rings is 1. The number of anilines is 2. The van der Waals surface area contributed by atoms with E-state index in [1.165, 1.54) is 37.3 Å². The Morgan fingerprint density at radius 2 is 1.66 bits per heavy atom. The number of carbonyl (C=O) groups is 3. The van der Waals surface area contributed by atoms with Crippen LogP contribution in [0.15, 0.2) is 22.9 Å². The van der Waals surface area contributed by atoms with Gasteiger partial charge in [-0.25, -0.2) is 9.59 Å². The van der Waals surface area contributed by atoms with Gasteiger partial charge >= 0.3 is 18.2 Å². The van der Waals surface area contributed by atoms with Crippen molar-refractivity contribution in [3.05, 3.63) is 44.6 Å². The Morgan fingerprint density at radius 1 is 1.00 bits per heavy atom. The molecule has 5 heterocycles. The topological polar surface area (TPSA) is 100 Å². The number of halogens is 4. The largest absolute Gasteiger partial charge is 0.418 e. The molecule has 0 aliphatic carbocycles. The van der Waals surface area contributed by atoms with E-state index in [0.29, 0.717) is 51.6 Å². The van der Waals surface area contributed by atoms with Crippen molar-refractivity contribution in [2.24, 2.45) is 0 Å². The molecule has 0 radical (unpaired) electrons. The molecule has 1 atom stereocenters. The highest BCUT2D eigenvalue weighted by molar-refractivity contribution is 7.08. The Hall–Kier alpha value is -3.23. The minimum absolute atomic E-state index is 0.0462. The van der Waals surface area contributed by atoms with E-state index in [9.17, 15) is 27.6 Å². The van der Waals surface area contributed by atoms with Crippen LogP contribution in [-0.2, 0) is 23.9 Å². The molecule has 0 saturated carbocycles. The van der Waals surface area contributed by atoms with E-state index in [4.69, 9.17) is 11.6 Å². The molecule has 6 rings (SSSR count). The highest BCUT2D eigenvalue weighted by Crippen LogP contribution is 2.40. The Labute approximate surface area is 281 Å². The van der Waals surface area contributed by atoms with Gasteiger partial charge in [0.25, 0.3) is 0 Å². The maximum atomic E-state index is 14.0. The van der Waals surface area contributed by atoms with Gasteiger partial charge in [-0.2, -0.15) is 13.2 Å². The highest BCUT2D eigenvalue weighted by atomic mass is 35.5. The first-order valence-electron chi connectivity index (χ1n) is 16.3. The predicted octanol–water partition coefficient (Wildman–Crippen LogP) is 5.68. The summed E-state index contributed by atoms with van der Waals surface area (Å²) in [5, 5.41) is 12.2. The van der Waals surface area contributed by atoms with E-state index in [1.807, 2.05) is 10.8 Å². The number of likely N-dealkylation sites (tertiary alicyclic amines) is 3. The van der Waals surface area contributed by atoms with Crippen molar-refractivity contribution in [2.45, 2.75) is 75.8 Å². The average molecular weight is 696 g/mol. The lowest BCUT2D eigenvalue weighted by Crippen LogP contribution is -2.57. The lowest BCUT2D eigenvalue weighted by molar-refractivity contribution is -0.137. The fourth-order valence-corrected chi connectivity index (χ4v) is 8.50. The first kappa shape index (κ1) is 33.7. The summed E-state index contributed by atoms with van der Waals surface area (Å²) in [6, 6.07) is 1.10. The Balaban J connectivity index is 1.15. The van der Waals surface area contributed by atoms with Crippen molar-refractivity contribution in [2.75, 3.05) is 56.9 Å². The third-order valence-corrected chi connectivity index (χ3v) is 11.0. The normalized spacial score (nSPS) is 20.6. The number of rotatable bonds is 7. The predicted molar refractivity (Wildman–Crippen MR) is 176 cm³/mol. The van der Waals surface area contributed by atoms with Crippen molar-refractivity contribution in [1.29, 1.82) is 0 Å². The average Bonchev–Trinajstić information content (AvgIpc) is 3.76. The number of urea groups is 2. The maximum Gasteiger partial charge on any atom is 0.418 e. The smallest absolute Gasteiger partial charge is 0.386 e. The molecular formula is C32H41ClF3N7O3S. The summed E-state index contributed by atoms with van der Waals surface area (Å²) in [6.45, 7) is 4.44. The second-order valence-electron chi connectivity index (χ2n) is 12.8. The van der Waals surface area contributed by atoms with Crippen LogP contribution in [0, 0.1) is 0 Å². The van der Waals surface area contributed by atoms with E-state index >= 15 is 0 Å². The van der Waals surface area contributed by atoms with Crippen molar-refractivity contribution >= 4 is 52.3 Å². The van der Waals surface area contributed by atoms with Crippen molar-refractivity contribution in [3.63, 3.8) is 0 Å². The van der Waals surface area contributed by atoms with E-state index < -0.39 is 23.8 Å². The number of fused-ring (bicyclic) bond motifs is 1. The number of hydrogen-bond acceptors (Lipinski definition) is 6. The quantitative estimate of drug-likeness (QED) is 0.346. The molecule has 15 heteroatoms. The molecule has 3 N–H and O–H groups in total. The fraction of sp³-hybridized carbons (Fsp3) is 0.594. The van der Waals surface area contributed by atoms with Crippen LogP contribution in [0.1, 0.15) is 55.2 Å². The number of carbonyl (C=O) groups excluding carboxylic acids is 3. The molecule has 0 spiro atoms. The molecule has 47 heavy (non-hydrogen) atoms. The van der Waals surface area contributed by atoms with Crippen LogP contribution in [0.4, 0.5) is 34.1 Å². The summed E-state index contributed by atoms with van der Waals surface area (Å²) in [5.74, 6) is -0.313. The number of piperidine rings is 2. The van der Waals surface area contributed by atoms with Crippen LogP contribution in [0.3, 0.4) is 0 Å². The fourth-order valence-electron chi connectivity index (χ4n) is 7.39. The van der Waals surface area contributed by atoms with Gasteiger partial charge in [0.05, 0.1) is 28.5 Å². The SMILES string of the molecule is CNc1c(Cl)cc(C[C@@H](NC(=O)N2CCC(N3Cc4cscc4NC3=O)CC2)C(=O)N2CCC(N3CCCC3)CC2)cc1C(F)(F)F. The molecule has 4 aliphatic heterocycles. The molecule has 1 aromatic heterocycles. The Bertz CT molecular complexity index is 1470. The van der Waals surface area contributed by atoms with Gasteiger partial charge in [-0.3, -0.25) is 4.79 Å². The molecule has 4 aliphatic rings. The molecule has 0 bridgehead atoms. The first-order valence-corrected chi connectivity index (χ1v) is 17.6. The molecule has 256 valence electrons. The number of benzene rings is 1. The van der Waals surface area contributed by atoms with E-state index in [1.54, 1.807) is 14.7 Å². The van der Waals surface area contributed by atoms with Crippen molar-refractivity contribution in [3.8, 4) is 0 Å². The second-order valence-corrected chi connectivity index (χ2v) is 14.0. The van der Waals surface area contributed by atoms with Gasteiger partial charge in [-0.15, -0.1) is 11.3 Å². The van der Waals surface area contributed by atoms with E-state index in [-0.39, 0.29) is 40.7 Å². The van der Waals surface area contributed by atoms with Gasteiger partial charge in [0, 0.05) is 62.7 Å². The molecule has 5 amide bonds. The zero-order chi connectivity index (χ0) is 33.3.